The molecule has 144 valence electrons. The predicted molar refractivity (Wildman–Crippen MR) is 107 cm³/mol. The van der Waals surface area contributed by atoms with Gasteiger partial charge in [0.25, 0.3) is 5.91 Å². The molecular weight excluding hydrogens is 356 g/mol. The molecule has 0 spiro atoms. The fraction of sp³-hybridized carbons (Fsp3) is 0.190. The summed E-state index contributed by atoms with van der Waals surface area (Å²) in [7, 11) is 1.47. The van der Waals surface area contributed by atoms with Crippen LogP contribution in [0.15, 0.2) is 53.6 Å². The molecular formula is C21H22N4O3. The number of hydrogen-bond donors (Lipinski definition) is 2. The zero-order valence-corrected chi connectivity index (χ0v) is 16.0. The van der Waals surface area contributed by atoms with Crippen molar-refractivity contribution in [3.63, 3.8) is 0 Å². The van der Waals surface area contributed by atoms with E-state index in [0.29, 0.717) is 23.4 Å². The van der Waals surface area contributed by atoms with Gasteiger partial charge in [0.15, 0.2) is 11.5 Å². The number of ether oxygens (including phenoxy) is 1. The third kappa shape index (κ3) is 4.37. The molecule has 0 aliphatic heterocycles. The summed E-state index contributed by atoms with van der Waals surface area (Å²) < 4.78 is 6.97. The van der Waals surface area contributed by atoms with Crippen molar-refractivity contribution < 1.29 is 14.6 Å². The second-order valence-electron chi connectivity index (χ2n) is 6.38. The molecule has 0 aliphatic rings. The molecule has 3 rings (SSSR count). The van der Waals surface area contributed by atoms with Crippen LogP contribution in [0.1, 0.15) is 32.9 Å². The van der Waals surface area contributed by atoms with E-state index in [-0.39, 0.29) is 11.7 Å². The van der Waals surface area contributed by atoms with E-state index in [1.165, 1.54) is 13.3 Å². The van der Waals surface area contributed by atoms with Crippen molar-refractivity contribution in [2.24, 2.45) is 5.10 Å². The number of methoxy groups -OCH3 is 1. The van der Waals surface area contributed by atoms with Gasteiger partial charge >= 0.3 is 0 Å². The highest BCUT2D eigenvalue weighted by Crippen LogP contribution is 2.27. The van der Waals surface area contributed by atoms with Gasteiger partial charge in [-0.2, -0.15) is 10.2 Å². The number of carbonyl (C=O) groups is 1. The van der Waals surface area contributed by atoms with Crippen LogP contribution in [0.25, 0.3) is 0 Å². The van der Waals surface area contributed by atoms with Gasteiger partial charge in [0.05, 0.1) is 25.6 Å². The molecule has 0 aliphatic carbocycles. The number of hydrazone groups is 1. The van der Waals surface area contributed by atoms with Crippen molar-refractivity contribution >= 4 is 12.1 Å². The first kappa shape index (κ1) is 19.2. The minimum Gasteiger partial charge on any atom is -0.504 e. The van der Waals surface area contributed by atoms with Crippen molar-refractivity contribution in [3.8, 4) is 11.5 Å². The van der Waals surface area contributed by atoms with Gasteiger partial charge in [-0.15, -0.1) is 0 Å². The molecule has 7 heteroatoms. The number of nitrogens with zero attached hydrogens (tertiary/aromatic N) is 3. The average molecular weight is 378 g/mol. The van der Waals surface area contributed by atoms with E-state index in [1.54, 1.807) is 30.3 Å². The number of hydrogen-bond acceptors (Lipinski definition) is 5. The quantitative estimate of drug-likeness (QED) is 0.510. The number of aromatic nitrogens is 2. The predicted octanol–water partition coefficient (Wildman–Crippen LogP) is 3.03. The minimum absolute atomic E-state index is 0.0310. The molecule has 2 aromatic carbocycles. The molecule has 0 fully saturated rings. The second-order valence-corrected chi connectivity index (χ2v) is 6.38. The zero-order chi connectivity index (χ0) is 20.1. The summed E-state index contributed by atoms with van der Waals surface area (Å²) in [6.45, 7) is 4.62. The normalized spacial score (nSPS) is 11.0. The van der Waals surface area contributed by atoms with E-state index in [1.807, 2.05) is 36.7 Å². The maximum atomic E-state index is 12.2. The number of aryl methyl sites for hydroxylation is 2. The lowest BCUT2D eigenvalue weighted by atomic mass is 10.1. The number of phenols is 1. The van der Waals surface area contributed by atoms with Crippen LogP contribution in [0.3, 0.4) is 0 Å². The van der Waals surface area contributed by atoms with Gasteiger partial charge < -0.3 is 9.84 Å². The van der Waals surface area contributed by atoms with Crippen LogP contribution in [0, 0.1) is 13.8 Å². The summed E-state index contributed by atoms with van der Waals surface area (Å²) in [4.78, 5) is 12.2. The Kier molecular flexibility index (Phi) is 5.74. The van der Waals surface area contributed by atoms with Crippen LogP contribution in [-0.4, -0.2) is 34.1 Å². The van der Waals surface area contributed by atoms with Gasteiger partial charge in [0.1, 0.15) is 0 Å². The molecule has 0 bridgehead atoms. The molecule has 0 saturated carbocycles. The third-order valence-corrected chi connectivity index (χ3v) is 4.27. The number of rotatable bonds is 6. The van der Waals surface area contributed by atoms with Crippen molar-refractivity contribution in [3.05, 3.63) is 76.6 Å². The lowest BCUT2D eigenvalue weighted by molar-refractivity contribution is 0.0955. The summed E-state index contributed by atoms with van der Waals surface area (Å²) in [5.74, 6) is -0.0266. The monoisotopic (exact) mass is 378 g/mol. The SMILES string of the molecule is COc1cccc(C=NNC(=O)c2ccc(Cn3nc(C)cc3C)cc2)c1O. The van der Waals surface area contributed by atoms with Crippen molar-refractivity contribution in [2.75, 3.05) is 7.11 Å². The maximum Gasteiger partial charge on any atom is 0.271 e. The highest BCUT2D eigenvalue weighted by atomic mass is 16.5. The number of para-hydroxylation sites is 1. The van der Waals surface area contributed by atoms with Crippen LogP contribution in [0.2, 0.25) is 0 Å². The lowest BCUT2D eigenvalue weighted by Gasteiger charge is -2.06. The molecule has 0 atom stereocenters. The van der Waals surface area contributed by atoms with Crippen LogP contribution >= 0.6 is 0 Å². The van der Waals surface area contributed by atoms with E-state index < -0.39 is 0 Å². The Labute approximate surface area is 163 Å². The number of phenolic OH excluding ortho intramolecular Hbond substituents is 1. The Morgan fingerprint density at radius 1 is 1.25 bits per heavy atom. The Balaban J connectivity index is 1.63. The van der Waals surface area contributed by atoms with Crippen LogP contribution in [0.4, 0.5) is 0 Å². The largest absolute Gasteiger partial charge is 0.504 e. The Morgan fingerprint density at radius 2 is 2.00 bits per heavy atom. The number of benzene rings is 2. The molecule has 2 N–H and O–H groups in total. The Bertz CT molecular complexity index is 1010. The smallest absolute Gasteiger partial charge is 0.271 e. The number of carbonyl (C=O) groups excluding carboxylic acids is 1. The molecule has 0 saturated heterocycles. The first-order valence-electron chi connectivity index (χ1n) is 8.77. The van der Waals surface area contributed by atoms with E-state index >= 15 is 0 Å². The van der Waals surface area contributed by atoms with E-state index in [9.17, 15) is 9.90 Å². The van der Waals surface area contributed by atoms with Gasteiger partial charge in [0.2, 0.25) is 0 Å². The second kappa shape index (κ2) is 8.39. The summed E-state index contributed by atoms with van der Waals surface area (Å²) in [6.07, 6.45) is 1.37. The molecule has 7 nitrogen and oxygen atoms in total. The van der Waals surface area contributed by atoms with Crippen LogP contribution < -0.4 is 10.2 Å². The first-order valence-corrected chi connectivity index (χ1v) is 8.77. The first-order chi connectivity index (χ1) is 13.5. The molecule has 0 radical (unpaired) electrons. The highest BCUT2D eigenvalue weighted by molar-refractivity contribution is 5.95. The average Bonchev–Trinajstić information content (AvgIpc) is 3.00. The molecule has 1 aromatic heterocycles. The van der Waals surface area contributed by atoms with Crippen molar-refractivity contribution in [2.45, 2.75) is 20.4 Å². The Morgan fingerprint density at radius 3 is 2.64 bits per heavy atom. The van der Waals surface area contributed by atoms with Crippen LogP contribution in [-0.2, 0) is 6.54 Å². The van der Waals surface area contributed by atoms with Crippen LogP contribution in [0.5, 0.6) is 11.5 Å². The molecule has 28 heavy (non-hydrogen) atoms. The number of amides is 1. The van der Waals surface area contributed by atoms with Crippen molar-refractivity contribution in [1.82, 2.24) is 15.2 Å². The summed E-state index contributed by atoms with van der Waals surface area (Å²) in [6, 6.07) is 14.3. The van der Waals surface area contributed by atoms with Gasteiger partial charge in [-0.3, -0.25) is 9.48 Å². The van der Waals surface area contributed by atoms with Gasteiger partial charge in [-0.05, 0) is 49.7 Å². The lowest BCUT2D eigenvalue weighted by Crippen LogP contribution is -2.17. The number of aromatic hydroxyl groups is 1. The number of nitrogens with one attached hydrogen (secondary N) is 1. The van der Waals surface area contributed by atoms with Crippen molar-refractivity contribution in [1.29, 1.82) is 0 Å². The third-order valence-electron chi connectivity index (χ3n) is 4.27. The van der Waals surface area contributed by atoms with Gasteiger partial charge in [-0.1, -0.05) is 18.2 Å². The van der Waals surface area contributed by atoms with E-state index in [0.717, 1.165) is 17.0 Å². The summed E-state index contributed by atoms with van der Waals surface area (Å²) >= 11 is 0. The minimum atomic E-state index is -0.337. The molecule has 1 heterocycles. The topological polar surface area (TPSA) is 88.7 Å². The summed E-state index contributed by atoms with van der Waals surface area (Å²) in [5, 5.41) is 18.4. The zero-order valence-electron chi connectivity index (χ0n) is 16.0. The fourth-order valence-electron chi connectivity index (χ4n) is 2.80. The maximum absolute atomic E-state index is 12.2. The van der Waals surface area contributed by atoms with Gasteiger partial charge in [0, 0.05) is 16.8 Å². The molecule has 1 amide bonds. The highest BCUT2D eigenvalue weighted by Gasteiger charge is 2.07. The molecule has 3 aromatic rings. The Hall–Kier alpha value is -3.61. The van der Waals surface area contributed by atoms with Gasteiger partial charge in [-0.25, -0.2) is 5.43 Å². The van der Waals surface area contributed by atoms with E-state index in [4.69, 9.17) is 4.74 Å². The molecule has 0 unspecified atom stereocenters. The fourth-order valence-corrected chi connectivity index (χ4v) is 2.80. The van der Waals surface area contributed by atoms with E-state index in [2.05, 4.69) is 15.6 Å². The standard InChI is InChI=1S/C21H22N4O3/c1-14-11-15(2)25(24-14)13-16-7-9-17(10-8-16)21(27)23-22-12-18-5-4-6-19(28-3)20(18)26/h4-12,26H,13H2,1-3H3,(H,23,27). The summed E-state index contributed by atoms with van der Waals surface area (Å²) in [5.41, 5.74) is 6.51.